The quantitative estimate of drug-likeness (QED) is 0.441. The molecule has 0 bridgehead atoms. The van der Waals surface area contributed by atoms with Crippen LogP contribution >= 0.6 is 0 Å². The third-order valence-electron chi connectivity index (χ3n) is 2.95. The van der Waals surface area contributed by atoms with Crippen molar-refractivity contribution in [2.24, 2.45) is 0 Å². The minimum atomic E-state index is -0.630. The van der Waals surface area contributed by atoms with Crippen molar-refractivity contribution >= 4 is 21.9 Å². The van der Waals surface area contributed by atoms with Crippen LogP contribution in [-0.4, -0.2) is 0 Å². The summed E-state index contributed by atoms with van der Waals surface area (Å²) in [5.74, 6) is 0. The molecule has 1 aromatic heterocycles. The Balaban J connectivity index is 2.40. The number of hydrogen-bond acceptors (Lipinski definition) is 1. The highest BCUT2D eigenvalue weighted by Gasteiger charge is 2.11. The predicted octanol–water partition coefficient (Wildman–Crippen LogP) is 5.56. The first-order chi connectivity index (χ1) is 14.4. The van der Waals surface area contributed by atoms with E-state index in [4.69, 9.17) is 19.5 Å². The fraction of sp³-hybridized carbons (Fsp3) is 0.0526. The van der Waals surface area contributed by atoms with Gasteiger partial charge in [-0.15, -0.1) is 0 Å². The lowest BCUT2D eigenvalue weighted by Crippen LogP contribution is -1.79. The van der Waals surface area contributed by atoms with Crippen LogP contribution in [0.5, 0.6) is 0 Å². The molecule has 3 aromatic carbocycles. The third-order valence-corrected chi connectivity index (χ3v) is 2.95. The van der Waals surface area contributed by atoms with Gasteiger partial charge in [-0.05, 0) is 36.2 Å². The number of hydrogen-bond donors (Lipinski definition) is 0. The molecule has 0 amide bonds. The molecule has 0 aliphatic carbocycles. The summed E-state index contributed by atoms with van der Waals surface area (Å²) in [5, 5.41) is -0.0570. The Kier molecular flexibility index (Phi) is 1.01. The highest BCUT2D eigenvalue weighted by Crippen LogP contribution is 2.36. The molecule has 4 rings (SSSR count). The van der Waals surface area contributed by atoms with Crippen LogP contribution < -0.4 is 0 Å². The molecule has 4 aromatic rings. The van der Waals surface area contributed by atoms with Gasteiger partial charge < -0.3 is 4.42 Å². The van der Waals surface area contributed by atoms with Gasteiger partial charge in [-0.3, -0.25) is 0 Å². The Morgan fingerprint density at radius 2 is 1.70 bits per heavy atom. The van der Waals surface area contributed by atoms with E-state index in [9.17, 15) is 0 Å². The molecule has 20 heavy (non-hydrogen) atoms. The SMILES string of the molecule is [2H]c1c([2H])c([2H])c(-c2c([2H])c([2H])c([2H])c3oc4c([2H])c([2H])c(C)c([2H])c4c23)c([2H])c1[2H]. The molecule has 1 nitrogen and oxygen atoms in total. The van der Waals surface area contributed by atoms with Crippen molar-refractivity contribution in [2.75, 3.05) is 0 Å². The fourth-order valence-corrected chi connectivity index (χ4v) is 2.11. The second-order valence-electron chi connectivity index (χ2n) is 4.26. The maximum absolute atomic E-state index is 8.47. The lowest BCUT2D eigenvalue weighted by atomic mass is 9.99. The van der Waals surface area contributed by atoms with Crippen LogP contribution in [-0.2, 0) is 0 Å². The summed E-state index contributed by atoms with van der Waals surface area (Å²) >= 11 is 0. The van der Waals surface area contributed by atoms with E-state index in [0.29, 0.717) is 0 Å². The standard InChI is InChI=1S/C19H14O/c1-13-10-11-17-16(12-13)19-15(8-5-9-18(19)20-17)14-6-3-2-4-7-14/h2-12H,1H3/i2D,3D,4D,5D,6D,7D,8D,9D,10D,11D,12D. The fourth-order valence-electron chi connectivity index (χ4n) is 2.11. The van der Waals surface area contributed by atoms with Crippen LogP contribution in [0, 0.1) is 6.92 Å². The van der Waals surface area contributed by atoms with Gasteiger partial charge in [0.1, 0.15) is 11.2 Å². The van der Waals surface area contributed by atoms with Gasteiger partial charge in [-0.1, -0.05) is 53.9 Å². The molecule has 1 heteroatoms. The summed E-state index contributed by atoms with van der Waals surface area (Å²) in [6.07, 6.45) is 0. The summed E-state index contributed by atoms with van der Waals surface area (Å²) in [6.45, 7) is 1.47. The summed E-state index contributed by atoms with van der Waals surface area (Å²) in [7, 11) is 0. The van der Waals surface area contributed by atoms with Crippen LogP contribution in [0.1, 0.15) is 20.6 Å². The van der Waals surface area contributed by atoms with Crippen molar-refractivity contribution in [3.05, 3.63) is 72.0 Å². The molecule has 0 fully saturated rings. The lowest BCUT2D eigenvalue weighted by Gasteiger charge is -2.03. The molecule has 0 saturated heterocycles. The van der Waals surface area contributed by atoms with Crippen LogP contribution in [0.25, 0.3) is 33.1 Å². The molecule has 1 heterocycles. The molecule has 0 radical (unpaired) electrons. The van der Waals surface area contributed by atoms with Crippen LogP contribution in [0.2, 0.25) is 0 Å². The Bertz CT molecular complexity index is 1420. The average molecular weight is 269 g/mol. The molecule has 0 aliphatic rings. The first kappa shape index (κ1) is 4.78. The van der Waals surface area contributed by atoms with Crippen molar-refractivity contribution < 1.29 is 19.5 Å². The van der Waals surface area contributed by atoms with Gasteiger partial charge in [-0.25, -0.2) is 0 Å². The third kappa shape index (κ3) is 1.64. The van der Waals surface area contributed by atoms with E-state index in [1.54, 1.807) is 0 Å². The summed E-state index contributed by atoms with van der Waals surface area (Å²) < 4.78 is 95.5. The molecule has 0 saturated carbocycles. The number of furan rings is 1. The summed E-state index contributed by atoms with van der Waals surface area (Å²) in [4.78, 5) is 0. The Hall–Kier alpha value is -2.54. The Labute approximate surface area is 132 Å². The van der Waals surface area contributed by atoms with E-state index in [2.05, 4.69) is 0 Å². The normalized spacial score (nSPS) is 18.9. The minimum Gasteiger partial charge on any atom is -0.456 e. The zero-order chi connectivity index (χ0) is 23.1. The Morgan fingerprint density at radius 1 is 0.850 bits per heavy atom. The number of benzene rings is 3. The van der Waals surface area contributed by atoms with Crippen molar-refractivity contribution in [3.63, 3.8) is 0 Å². The maximum atomic E-state index is 8.47. The van der Waals surface area contributed by atoms with E-state index >= 15 is 0 Å². The molecular weight excluding hydrogens is 244 g/mol. The van der Waals surface area contributed by atoms with Gasteiger partial charge in [0.2, 0.25) is 0 Å². The van der Waals surface area contributed by atoms with E-state index < -0.39 is 48.3 Å². The minimum absolute atomic E-state index is 0.00249. The highest BCUT2D eigenvalue weighted by atomic mass is 16.3. The number of rotatable bonds is 1. The lowest BCUT2D eigenvalue weighted by molar-refractivity contribution is 0.669. The van der Waals surface area contributed by atoms with Crippen LogP contribution in [0.15, 0.2) is 70.9 Å². The first-order valence-electron chi connectivity index (χ1n) is 11.4. The van der Waals surface area contributed by atoms with Gasteiger partial charge in [0, 0.05) is 10.8 Å². The second-order valence-corrected chi connectivity index (χ2v) is 4.26. The largest absolute Gasteiger partial charge is 0.456 e. The zero-order valence-electron chi connectivity index (χ0n) is 21.4. The van der Waals surface area contributed by atoms with Crippen molar-refractivity contribution in [1.82, 2.24) is 0 Å². The first-order valence-corrected chi connectivity index (χ1v) is 5.91. The molecule has 0 atom stereocenters. The van der Waals surface area contributed by atoms with Gasteiger partial charge in [0.15, 0.2) is 0 Å². The van der Waals surface area contributed by atoms with Crippen molar-refractivity contribution in [3.8, 4) is 11.1 Å². The molecule has 96 valence electrons. The maximum Gasteiger partial charge on any atom is 0.136 e. The average Bonchev–Trinajstić information content (AvgIpc) is 3.14. The van der Waals surface area contributed by atoms with E-state index in [1.807, 2.05) is 0 Å². The summed E-state index contributed by atoms with van der Waals surface area (Å²) in [5.41, 5.74) is -0.875. The molecular formula is C19H14O. The Morgan fingerprint density at radius 3 is 2.55 bits per heavy atom. The van der Waals surface area contributed by atoms with E-state index in [1.165, 1.54) is 6.92 Å². The summed E-state index contributed by atoms with van der Waals surface area (Å²) in [6, 6.07) is -5.50. The van der Waals surface area contributed by atoms with Gasteiger partial charge in [0.25, 0.3) is 0 Å². The monoisotopic (exact) mass is 269 g/mol. The second kappa shape index (κ2) is 4.24. The molecule has 0 N–H and O–H groups in total. The van der Waals surface area contributed by atoms with Crippen LogP contribution in [0.4, 0.5) is 0 Å². The highest BCUT2D eigenvalue weighted by molar-refractivity contribution is 6.12. The smallest absolute Gasteiger partial charge is 0.136 e. The topological polar surface area (TPSA) is 13.1 Å². The van der Waals surface area contributed by atoms with Gasteiger partial charge >= 0.3 is 0 Å². The van der Waals surface area contributed by atoms with Gasteiger partial charge in [-0.2, -0.15) is 0 Å². The van der Waals surface area contributed by atoms with E-state index in [-0.39, 0.29) is 56.8 Å². The van der Waals surface area contributed by atoms with Crippen molar-refractivity contribution in [1.29, 1.82) is 0 Å². The predicted molar refractivity (Wildman–Crippen MR) is 83.9 cm³/mol. The molecule has 0 unspecified atom stereocenters. The van der Waals surface area contributed by atoms with Gasteiger partial charge in [0.05, 0.1) is 15.1 Å². The van der Waals surface area contributed by atoms with Crippen molar-refractivity contribution in [2.45, 2.75) is 6.92 Å². The molecule has 0 spiro atoms. The molecule has 0 aliphatic heterocycles. The van der Waals surface area contributed by atoms with E-state index in [0.717, 1.165) is 0 Å². The number of fused-ring (bicyclic) bond motifs is 3. The zero-order valence-corrected chi connectivity index (χ0v) is 10.4. The van der Waals surface area contributed by atoms with Crippen LogP contribution in [0.3, 0.4) is 0 Å².